The van der Waals surface area contributed by atoms with Gasteiger partial charge in [0.25, 0.3) is 0 Å². The van der Waals surface area contributed by atoms with Gasteiger partial charge in [-0.25, -0.2) is 9.59 Å². The average molecular weight is 510 g/mol. The molecule has 2 aromatic rings. The van der Waals surface area contributed by atoms with E-state index in [9.17, 15) is 29.4 Å². The van der Waals surface area contributed by atoms with Gasteiger partial charge in [-0.15, -0.1) is 0 Å². The molecule has 10 heteroatoms. The lowest BCUT2D eigenvalue weighted by molar-refractivity contribution is -0.106. The number of Topliss-reactive ketones (excluding diaryl/α,β-unsaturated/α-hetero) is 2. The van der Waals surface area contributed by atoms with E-state index in [2.05, 4.69) is 5.32 Å². The van der Waals surface area contributed by atoms with Gasteiger partial charge in [0.05, 0.1) is 0 Å². The molecule has 0 bridgehead atoms. The highest BCUT2D eigenvalue weighted by Gasteiger charge is 2.59. The maximum atomic E-state index is 13.7. The summed E-state index contributed by atoms with van der Waals surface area (Å²) in [6.07, 6.45) is -5.18. The van der Waals surface area contributed by atoms with Crippen molar-refractivity contribution in [3.05, 3.63) is 70.8 Å². The Kier molecular flexibility index (Phi) is 7.18. The van der Waals surface area contributed by atoms with Crippen molar-refractivity contribution in [2.45, 2.75) is 64.2 Å². The molecule has 0 saturated carbocycles. The van der Waals surface area contributed by atoms with Crippen molar-refractivity contribution in [2.75, 3.05) is 6.67 Å². The first-order valence-electron chi connectivity index (χ1n) is 12.1. The third kappa shape index (κ3) is 4.75. The molecule has 0 aromatic heterocycles. The lowest BCUT2D eigenvalue weighted by atomic mass is 9.81. The van der Waals surface area contributed by atoms with Gasteiger partial charge >= 0.3 is 12.1 Å². The number of ketones is 2. The number of imide groups is 1. The number of nitrogens with one attached hydrogen (secondary N) is 1. The van der Waals surface area contributed by atoms with Crippen LogP contribution in [0.3, 0.4) is 0 Å². The standard InChI is InChI=1S/C27H31N3O7/c1-15(2)29-14-30(26(35)28-25(29)34)20-13-27(36,23(33)19-12-8-6-10-17(19)4)24(37-20)22(32)21(31)18-11-7-5-9-16(18)3/h5-12,15,20,22,24,32,36H,13-14H2,1-4H3,(H,28,34,35)/t20-,22?,24-,27-/m1/s1. The number of nitrogens with zero attached hydrogens (tertiary/aromatic N) is 2. The van der Waals surface area contributed by atoms with Crippen molar-refractivity contribution in [3.63, 3.8) is 0 Å². The summed E-state index contributed by atoms with van der Waals surface area (Å²) in [4.78, 5) is 54.6. The summed E-state index contributed by atoms with van der Waals surface area (Å²) >= 11 is 0. The first kappa shape index (κ1) is 26.5. The summed E-state index contributed by atoms with van der Waals surface area (Å²) in [5.74, 6) is -1.45. The molecule has 37 heavy (non-hydrogen) atoms. The minimum absolute atomic E-state index is 0.157. The predicted octanol–water partition coefficient (Wildman–Crippen LogP) is 2.39. The number of ether oxygens (including phenoxy) is 1. The van der Waals surface area contributed by atoms with E-state index in [1.54, 1.807) is 76.2 Å². The van der Waals surface area contributed by atoms with Crippen LogP contribution in [0.15, 0.2) is 48.5 Å². The van der Waals surface area contributed by atoms with E-state index in [0.717, 1.165) is 0 Å². The van der Waals surface area contributed by atoms with Crippen LogP contribution in [0.25, 0.3) is 0 Å². The second kappa shape index (κ2) is 10.0. The molecular weight excluding hydrogens is 478 g/mol. The largest absolute Gasteiger partial charge is 0.382 e. The Bertz CT molecular complexity index is 1250. The third-order valence-electron chi connectivity index (χ3n) is 7.02. The molecule has 2 fully saturated rings. The normalized spacial score (nSPS) is 24.8. The fourth-order valence-corrected chi connectivity index (χ4v) is 4.81. The van der Waals surface area contributed by atoms with E-state index < -0.39 is 54.1 Å². The van der Waals surface area contributed by atoms with E-state index in [0.29, 0.717) is 11.1 Å². The van der Waals surface area contributed by atoms with Crippen molar-refractivity contribution >= 4 is 23.6 Å². The van der Waals surface area contributed by atoms with Gasteiger partial charge in [0.15, 0.2) is 17.2 Å². The molecule has 10 nitrogen and oxygen atoms in total. The Morgan fingerprint density at radius 3 is 2.14 bits per heavy atom. The zero-order valence-corrected chi connectivity index (χ0v) is 21.2. The van der Waals surface area contributed by atoms with Gasteiger partial charge in [0, 0.05) is 23.6 Å². The molecule has 2 saturated heterocycles. The van der Waals surface area contributed by atoms with Gasteiger partial charge in [0.1, 0.15) is 25.1 Å². The maximum absolute atomic E-state index is 13.7. The number of benzene rings is 2. The minimum atomic E-state index is -2.33. The van der Waals surface area contributed by atoms with E-state index in [-0.39, 0.29) is 23.8 Å². The van der Waals surface area contributed by atoms with E-state index >= 15 is 0 Å². The zero-order chi connectivity index (χ0) is 27.1. The summed E-state index contributed by atoms with van der Waals surface area (Å²) < 4.78 is 5.96. The SMILES string of the molecule is Cc1ccccc1C(=O)C(O)[C@H]1O[C@@H](N2CN(C(C)C)C(=O)NC2=O)C[C@@]1(O)C(=O)c1ccccc1C. The number of amides is 4. The first-order chi connectivity index (χ1) is 17.5. The van der Waals surface area contributed by atoms with E-state index in [4.69, 9.17) is 4.74 Å². The van der Waals surface area contributed by atoms with Gasteiger partial charge in [-0.3, -0.25) is 19.8 Å². The number of urea groups is 2. The van der Waals surface area contributed by atoms with Crippen LogP contribution in [0, 0.1) is 13.8 Å². The number of aryl methyl sites for hydroxylation is 2. The molecule has 0 spiro atoms. The van der Waals surface area contributed by atoms with Crippen LogP contribution in [0.4, 0.5) is 9.59 Å². The molecule has 2 heterocycles. The van der Waals surface area contributed by atoms with Crippen molar-refractivity contribution in [2.24, 2.45) is 0 Å². The molecule has 196 valence electrons. The summed E-state index contributed by atoms with van der Waals surface area (Å²) in [6.45, 7) is 6.80. The van der Waals surface area contributed by atoms with Gasteiger partial charge in [-0.1, -0.05) is 48.5 Å². The molecule has 2 aliphatic rings. The highest BCUT2D eigenvalue weighted by molar-refractivity contribution is 6.06. The van der Waals surface area contributed by atoms with Crippen molar-refractivity contribution < 1.29 is 34.1 Å². The Hall–Kier alpha value is -3.60. The molecule has 0 radical (unpaired) electrons. The molecule has 1 unspecified atom stereocenters. The molecular formula is C27H31N3O7. The van der Waals surface area contributed by atoms with Crippen LogP contribution in [-0.2, 0) is 4.74 Å². The maximum Gasteiger partial charge on any atom is 0.328 e. The third-order valence-corrected chi connectivity index (χ3v) is 7.02. The minimum Gasteiger partial charge on any atom is -0.382 e. The smallest absolute Gasteiger partial charge is 0.328 e. The van der Waals surface area contributed by atoms with Crippen LogP contribution >= 0.6 is 0 Å². The number of carbonyl (C=O) groups excluding carboxylic acids is 4. The summed E-state index contributed by atoms with van der Waals surface area (Å²) in [5.41, 5.74) is -0.706. The van der Waals surface area contributed by atoms with Gasteiger partial charge in [-0.2, -0.15) is 0 Å². The number of hydrogen-bond acceptors (Lipinski definition) is 7. The van der Waals surface area contributed by atoms with Crippen molar-refractivity contribution in [1.82, 2.24) is 15.1 Å². The summed E-state index contributed by atoms with van der Waals surface area (Å²) in [5, 5.41) is 25.2. The lowest BCUT2D eigenvalue weighted by Gasteiger charge is -2.40. The highest BCUT2D eigenvalue weighted by atomic mass is 16.6. The Morgan fingerprint density at radius 2 is 1.57 bits per heavy atom. The molecule has 2 aromatic carbocycles. The Labute approximate surface area is 214 Å². The quantitative estimate of drug-likeness (QED) is 0.488. The van der Waals surface area contributed by atoms with Crippen molar-refractivity contribution in [1.29, 1.82) is 0 Å². The summed E-state index contributed by atoms with van der Waals surface area (Å²) in [6, 6.07) is 11.7. The Balaban J connectivity index is 1.72. The van der Waals surface area contributed by atoms with E-state index in [1.165, 1.54) is 9.80 Å². The molecule has 3 N–H and O–H groups in total. The van der Waals surface area contributed by atoms with Gasteiger partial charge < -0.3 is 19.8 Å². The average Bonchev–Trinajstić information content (AvgIpc) is 3.21. The Morgan fingerprint density at radius 1 is 1.00 bits per heavy atom. The topological polar surface area (TPSA) is 136 Å². The van der Waals surface area contributed by atoms with Crippen LogP contribution in [0.1, 0.15) is 52.1 Å². The molecule has 0 aliphatic carbocycles. The molecule has 4 rings (SSSR count). The predicted molar refractivity (Wildman–Crippen MR) is 133 cm³/mol. The molecule has 2 aliphatic heterocycles. The second-order valence-corrected chi connectivity index (χ2v) is 9.82. The number of aliphatic hydroxyl groups is 2. The zero-order valence-electron chi connectivity index (χ0n) is 21.2. The number of aliphatic hydroxyl groups excluding tert-OH is 1. The van der Waals surface area contributed by atoms with Crippen molar-refractivity contribution in [3.8, 4) is 0 Å². The molecule has 4 atom stereocenters. The number of carbonyl (C=O) groups is 4. The first-order valence-corrected chi connectivity index (χ1v) is 12.1. The van der Waals surface area contributed by atoms with Crippen LogP contribution in [0.2, 0.25) is 0 Å². The number of rotatable bonds is 7. The van der Waals surface area contributed by atoms with Crippen LogP contribution in [-0.4, -0.2) is 80.4 Å². The van der Waals surface area contributed by atoms with Gasteiger partial charge in [-0.05, 0) is 38.8 Å². The van der Waals surface area contributed by atoms with Gasteiger partial charge in [0.2, 0.25) is 0 Å². The fraction of sp³-hybridized carbons (Fsp3) is 0.407. The molecule has 4 amide bonds. The van der Waals surface area contributed by atoms with E-state index in [1.807, 2.05) is 0 Å². The monoisotopic (exact) mass is 509 g/mol. The lowest BCUT2D eigenvalue weighted by Crippen LogP contribution is -2.63. The fourth-order valence-electron chi connectivity index (χ4n) is 4.81. The second-order valence-electron chi connectivity index (χ2n) is 9.82. The highest BCUT2D eigenvalue weighted by Crippen LogP contribution is 2.39. The van der Waals surface area contributed by atoms with Crippen LogP contribution in [0.5, 0.6) is 0 Å². The number of hydrogen-bond donors (Lipinski definition) is 3. The summed E-state index contributed by atoms with van der Waals surface area (Å²) in [7, 11) is 0. The van der Waals surface area contributed by atoms with Crippen LogP contribution < -0.4 is 5.32 Å².